The van der Waals surface area contributed by atoms with Crippen LogP contribution in [0.2, 0.25) is 5.02 Å². The number of rotatable bonds is 5. The first-order chi connectivity index (χ1) is 8.40. The second-order valence-corrected chi connectivity index (χ2v) is 7.02. The average molecular weight is 289 g/mol. The second-order valence-electron chi connectivity index (χ2n) is 4.85. The van der Waals surface area contributed by atoms with Crippen molar-refractivity contribution < 1.29 is 8.42 Å². The molecule has 18 heavy (non-hydrogen) atoms. The first-order valence-electron chi connectivity index (χ1n) is 5.95. The molecule has 1 aliphatic rings. The summed E-state index contributed by atoms with van der Waals surface area (Å²) in [6.45, 7) is 2.53. The molecule has 0 spiro atoms. The number of benzene rings is 1. The van der Waals surface area contributed by atoms with Crippen LogP contribution >= 0.6 is 11.6 Å². The average Bonchev–Trinajstić information content (AvgIpc) is 3.13. The lowest BCUT2D eigenvalue weighted by Crippen LogP contribution is -2.29. The van der Waals surface area contributed by atoms with Gasteiger partial charge in [-0.15, -0.1) is 0 Å². The van der Waals surface area contributed by atoms with Crippen LogP contribution in [-0.2, 0) is 10.0 Å². The molecule has 0 bridgehead atoms. The van der Waals surface area contributed by atoms with E-state index in [-0.39, 0.29) is 9.92 Å². The van der Waals surface area contributed by atoms with Gasteiger partial charge in [0.1, 0.15) is 0 Å². The van der Waals surface area contributed by atoms with Crippen LogP contribution in [0.15, 0.2) is 23.1 Å². The van der Waals surface area contributed by atoms with Crippen LogP contribution in [0.25, 0.3) is 0 Å². The zero-order valence-corrected chi connectivity index (χ0v) is 11.8. The summed E-state index contributed by atoms with van der Waals surface area (Å²) in [6.07, 6.45) is 2.41. The fourth-order valence-corrected chi connectivity index (χ4v) is 3.25. The van der Waals surface area contributed by atoms with Crippen LogP contribution in [0.5, 0.6) is 0 Å². The number of hydrogen-bond acceptors (Lipinski definition) is 3. The van der Waals surface area contributed by atoms with Crippen molar-refractivity contribution in [2.75, 3.05) is 12.3 Å². The molecular weight excluding hydrogens is 272 g/mol. The van der Waals surface area contributed by atoms with E-state index in [1.54, 1.807) is 0 Å². The first-order valence-corrected chi connectivity index (χ1v) is 7.81. The predicted octanol–water partition coefficient (Wildman–Crippen LogP) is 2.25. The molecule has 1 aliphatic carbocycles. The molecule has 1 aromatic carbocycles. The second kappa shape index (κ2) is 5.07. The summed E-state index contributed by atoms with van der Waals surface area (Å²) in [4.78, 5) is 0.157. The number of halogens is 1. The quantitative estimate of drug-likeness (QED) is 0.816. The third-order valence-electron chi connectivity index (χ3n) is 3.30. The third-order valence-corrected chi connectivity index (χ3v) is 5.05. The normalized spacial score (nSPS) is 17.7. The van der Waals surface area contributed by atoms with Crippen molar-refractivity contribution in [1.29, 1.82) is 0 Å². The van der Waals surface area contributed by atoms with Crippen molar-refractivity contribution in [1.82, 2.24) is 4.72 Å². The molecule has 1 fully saturated rings. The van der Waals surface area contributed by atoms with E-state index in [1.807, 2.05) is 0 Å². The molecule has 1 aromatic rings. The molecule has 1 unspecified atom stereocenters. The smallest absolute Gasteiger partial charge is 0.240 e. The Kier molecular flexibility index (Phi) is 3.84. The molecule has 0 radical (unpaired) electrons. The van der Waals surface area contributed by atoms with Gasteiger partial charge in [-0.3, -0.25) is 0 Å². The third kappa shape index (κ3) is 3.16. The molecule has 4 nitrogen and oxygen atoms in total. The number of nitrogen functional groups attached to an aromatic ring is 1. The van der Waals surface area contributed by atoms with Gasteiger partial charge in [-0.1, -0.05) is 18.5 Å². The highest BCUT2D eigenvalue weighted by Gasteiger charge is 2.28. The van der Waals surface area contributed by atoms with Crippen LogP contribution in [0.1, 0.15) is 19.8 Å². The van der Waals surface area contributed by atoms with Crippen LogP contribution in [0.3, 0.4) is 0 Å². The zero-order valence-electron chi connectivity index (χ0n) is 10.2. The number of sulfonamides is 1. The van der Waals surface area contributed by atoms with Gasteiger partial charge in [0.25, 0.3) is 0 Å². The Morgan fingerprint density at radius 2 is 2.17 bits per heavy atom. The molecule has 0 aliphatic heterocycles. The topological polar surface area (TPSA) is 72.2 Å². The van der Waals surface area contributed by atoms with E-state index < -0.39 is 10.0 Å². The standard InChI is InChI=1S/C12H17ClN2O2S/c1-8(9-2-3-9)7-15-18(16,17)10-4-5-12(14)11(13)6-10/h4-6,8-9,15H,2-3,7,14H2,1H3. The van der Waals surface area contributed by atoms with Crippen molar-refractivity contribution in [2.24, 2.45) is 11.8 Å². The van der Waals surface area contributed by atoms with E-state index in [2.05, 4.69) is 11.6 Å². The highest BCUT2D eigenvalue weighted by atomic mass is 35.5. The van der Waals surface area contributed by atoms with Crippen molar-refractivity contribution >= 4 is 27.3 Å². The Bertz CT molecular complexity index is 541. The predicted molar refractivity (Wildman–Crippen MR) is 72.9 cm³/mol. The molecular formula is C12H17ClN2O2S. The Balaban J connectivity index is 2.07. The molecule has 100 valence electrons. The van der Waals surface area contributed by atoms with E-state index >= 15 is 0 Å². The lowest BCUT2D eigenvalue weighted by Gasteiger charge is -2.12. The largest absolute Gasteiger partial charge is 0.398 e. The Labute approximate surface area is 113 Å². The minimum absolute atomic E-state index is 0.157. The first kappa shape index (κ1) is 13.6. The van der Waals surface area contributed by atoms with Gasteiger partial charge in [0.05, 0.1) is 15.6 Å². The maximum atomic E-state index is 12.0. The molecule has 0 saturated heterocycles. The molecule has 2 rings (SSSR count). The van der Waals surface area contributed by atoms with Gasteiger partial charge < -0.3 is 5.73 Å². The summed E-state index contributed by atoms with van der Waals surface area (Å²) in [7, 11) is -3.49. The maximum Gasteiger partial charge on any atom is 0.240 e. The fourth-order valence-electron chi connectivity index (χ4n) is 1.83. The number of nitrogens with one attached hydrogen (secondary N) is 1. The Hall–Kier alpha value is -0.780. The molecule has 1 saturated carbocycles. The Morgan fingerprint density at radius 3 is 2.72 bits per heavy atom. The van der Waals surface area contributed by atoms with Gasteiger partial charge >= 0.3 is 0 Å². The highest BCUT2D eigenvalue weighted by Crippen LogP contribution is 2.36. The Morgan fingerprint density at radius 1 is 1.50 bits per heavy atom. The fraction of sp³-hybridized carbons (Fsp3) is 0.500. The van der Waals surface area contributed by atoms with E-state index in [0.717, 1.165) is 0 Å². The zero-order chi connectivity index (χ0) is 13.3. The summed E-state index contributed by atoms with van der Waals surface area (Å²) in [5.41, 5.74) is 5.93. The van der Waals surface area contributed by atoms with Gasteiger partial charge in [-0.2, -0.15) is 0 Å². The summed E-state index contributed by atoms with van der Waals surface area (Å²) in [5, 5.41) is 0.258. The van der Waals surface area contributed by atoms with Gasteiger partial charge in [0.2, 0.25) is 10.0 Å². The van der Waals surface area contributed by atoms with Crippen LogP contribution in [0.4, 0.5) is 5.69 Å². The highest BCUT2D eigenvalue weighted by molar-refractivity contribution is 7.89. The molecule has 6 heteroatoms. The summed E-state index contributed by atoms with van der Waals surface area (Å²) in [5.74, 6) is 1.05. The minimum atomic E-state index is -3.49. The number of hydrogen-bond donors (Lipinski definition) is 2. The van der Waals surface area contributed by atoms with E-state index in [9.17, 15) is 8.42 Å². The van der Waals surface area contributed by atoms with Gasteiger partial charge in [-0.05, 0) is 42.9 Å². The molecule has 0 amide bonds. The lowest BCUT2D eigenvalue weighted by atomic mass is 10.1. The maximum absolute atomic E-state index is 12.0. The number of nitrogens with two attached hydrogens (primary N) is 1. The van der Waals surface area contributed by atoms with Crippen molar-refractivity contribution in [3.05, 3.63) is 23.2 Å². The number of anilines is 1. The molecule has 0 aromatic heterocycles. The summed E-state index contributed by atoms with van der Waals surface area (Å²) < 4.78 is 26.7. The lowest BCUT2D eigenvalue weighted by molar-refractivity contribution is 0.492. The van der Waals surface area contributed by atoms with Crippen molar-refractivity contribution in [3.63, 3.8) is 0 Å². The van der Waals surface area contributed by atoms with Gasteiger partial charge in [0.15, 0.2) is 0 Å². The molecule has 0 heterocycles. The van der Waals surface area contributed by atoms with E-state index in [0.29, 0.717) is 24.1 Å². The molecule has 1 atom stereocenters. The van der Waals surface area contributed by atoms with Gasteiger partial charge in [-0.25, -0.2) is 13.1 Å². The van der Waals surface area contributed by atoms with E-state index in [4.69, 9.17) is 17.3 Å². The van der Waals surface area contributed by atoms with E-state index in [1.165, 1.54) is 31.0 Å². The van der Waals surface area contributed by atoms with Crippen LogP contribution < -0.4 is 10.5 Å². The van der Waals surface area contributed by atoms with Crippen molar-refractivity contribution in [2.45, 2.75) is 24.7 Å². The summed E-state index contributed by atoms with van der Waals surface area (Å²) >= 11 is 5.83. The van der Waals surface area contributed by atoms with Crippen LogP contribution in [-0.4, -0.2) is 15.0 Å². The SMILES string of the molecule is CC(CNS(=O)(=O)c1ccc(N)c(Cl)c1)C1CC1. The molecule has 3 N–H and O–H groups in total. The monoisotopic (exact) mass is 288 g/mol. The van der Waals surface area contributed by atoms with Crippen molar-refractivity contribution in [3.8, 4) is 0 Å². The van der Waals surface area contributed by atoms with Crippen LogP contribution in [0, 0.1) is 11.8 Å². The summed E-state index contributed by atoms with van der Waals surface area (Å²) in [6, 6.07) is 4.34. The van der Waals surface area contributed by atoms with Gasteiger partial charge in [0, 0.05) is 6.54 Å². The minimum Gasteiger partial charge on any atom is -0.398 e.